The second kappa shape index (κ2) is 7.69. The summed E-state index contributed by atoms with van der Waals surface area (Å²) >= 11 is 1.44. The van der Waals surface area contributed by atoms with E-state index in [4.69, 9.17) is 0 Å². The molecule has 32 heavy (non-hydrogen) atoms. The van der Waals surface area contributed by atoms with Gasteiger partial charge in [0.25, 0.3) is 11.8 Å². The molecule has 1 fully saturated rings. The Bertz CT molecular complexity index is 1070. The van der Waals surface area contributed by atoms with Crippen molar-refractivity contribution in [2.24, 2.45) is 0 Å². The van der Waals surface area contributed by atoms with Crippen molar-refractivity contribution in [3.63, 3.8) is 0 Å². The number of carbonyl (C=O) groups excluding carboxylic acids is 2. The molecule has 9 heteroatoms. The molecule has 0 unspecified atom stereocenters. The highest BCUT2D eigenvalue weighted by molar-refractivity contribution is 7.17. The van der Waals surface area contributed by atoms with Crippen LogP contribution in [0.3, 0.4) is 0 Å². The first-order chi connectivity index (χ1) is 14.8. The third kappa shape index (κ3) is 4.48. The predicted molar refractivity (Wildman–Crippen MR) is 128 cm³/mol. The van der Waals surface area contributed by atoms with Crippen LogP contribution in [-0.2, 0) is 12.0 Å². The number of nitrogens with one attached hydrogen (secondary N) is 3. The van der Waals surface area contributed by atoms with Gasteiger partial charge in [-0.25, -0.2) is 0 Å². The van der Waals surface area contributed by atoms with Crippen molar-refractivity contribution in [3.05, 3.63) is 45.8 Å². The van der Waals surface area contributed by atoms with E-state index in [1.807, 2.05) is 6.92 Å². The van der Waals surface area contributed by atoms with Crippen molar-refractivity contribution in [2.75, 3.05) is 5.32 Å². The van der Waals surface area contributed by atoms with Gasteiger partial charge in [0.1, 0.15) is 5.00 Å². The van der Waals surface area contributed by atoms with Gasteiger partial charge in [-0.15, -0.1) is 11.3 Å². The van der Waals surface area contributed by atoms with E-state index >= 15 is 0 Å². The fourth-order valence-corrected chi connectivity index (χ4v) is 5.76. The molecule has 0 radical (unpaired) electrons. The van der Waals surface area contributed by atoms with Gasteiger partial charge in [-0.3, -0.25) is 9.59 Å². The van der Waals surface area contributed by atoms with Crippen LogP contribution in [0, 0.1) is 0 Å². The van der Waals surface area contributed by atoms with Crippen LogP contribution >= 0.6 is 11.3 Å². The van der Waals surface area contributed by atoms with Gasteiger partial charge in [-0.1, -0.05) is 12.1 Å². The van der Waals surface area contributed by atoms with Crippen LogP contribution in [-0.4, -0.2) is 40.1 Å². The minimum Gasteiger partial charge on any atom is -0.423 e. The molecule has 0 atom stereocenters. The Morgan fingerprint density at radius 1 is 1.03 bits per heavy atom. The van der Waals surface area contributed by atoms with Crippen LogP contribution in [0.15, 0.2) is 24.3 Å². The molecule has 1 aromatic heterocycles. The number of amides is 2. The molecule has 1 aliphatic carbocycles. The van der Waals surface area contributed by atoms with Gasteiger partial charge in [0.15, 0.2) is 0 Å². The van der Waals surface area contributed by atoms with Gasteiger partial charge >= 0.3 is 7.12 Å². The van der Waals surface area contributed by atoms with Crippen LogP contribution in [0.2, 0.25) is 0 Å². The van der Waals surface area contributed by atoms with Gasteiger partial charge in [-0.2, -0.15) is 0 Å². The van der Waals surface area contributed by atoms with Crippen molar-refractivity contribution in [2.45, 2.75) is 70.5 Å². The van der Waals surface area contributed by atoms with Crippen molar-refractivity contribution in [3.8, 4) is 0 Å². The van der Waals surface area contributed by atoms with E-state index in [1.54, 1.807) is 0 Å². The summed E-state index contributed by atoms with van der Waals surface area (Å²) in [5.41, 5.74) is 1.50. The Labute approximate surface area is 192 Å². The summed E-state index contributed by atoms with van der Waals surface area (Å²) in [4.78, 5) is 27.4. The molecule has 5 N–H and O–H groups in total. The van der Waals surface area contributed by atoms with Crippen molar-refractivity contribution in [1.29, 1.82) is 0 Å². The first kappa shape index (κ1) is 23.0. The highest BCUT2D eigenvalue weighted by Crippen LogP contribution is 2.46. The van der Waals surface area contributed by atoms with E-state index in [0.29, 0.717) is 28.0 Å². The maximum atomic E-state index is 13.4. The first-order valence-electron chi connectivity index (χ1n) is 10.9. The Morgan fingerprint density at radius 2 is 1.66 bits per heavy atom. The lowest BCUT2D eigenvalue weighted by molar-refractivity contribution is 0.0934. The number of thiophene rings is 1. The summed E-state index contributed by atoms with van der Waals surface area (Å²) in [5, 5.41) is 28.8. The summed E-state index contributed by atoms with van der Waals surface area (Å²) in [6.45, 7) is 10.5. The van der Waals surface area contributed by atoms with Crippen LogP contribution in [0.1, 0.15) is 78.6 Å². The lowest BCUT2D eigenvalue weighted by atomic mass is 9.80. The molecule has 0 saturated heterocycles. The fourth-order valence-electron chi connectivity index (χ4n) is 4.49. The Balaban J connectivity index is 1.71. The first-order valence-corrected chi connectivity index (χ1v) is 11.7. The summed E-state index contributed by atoms with van der Waals surface area (Å²) in [6.07, 6.45) is 2.59. The molecule has 1 saturated carbocycles. The SMILES string of the molecule is CC1(C)Cc2c(sc(NC(=O)c3ccc(B(O)O)cc3)c2C(=O)NC2(C)CC2)C(C)(C)N1. The zero-order valence-corrected chi connectivity index (χ0v) is 19.9. The maximum Gasteiger partial charge on any atom is 0.488 e. The standard InChI is InChI=1S/C23H30BN3O4S/c1-21(2)12-15-16(19(29)26-23(5)10-11-23)20(32-17(15)22(3,4)27-21)25-18(28)13-6-8-14(9-7-13)24(30)31/h6-9,27,30-31H,10-12H2,1-5H3,(H,25,28)(H,26,29). The minimum absolute atomic E-state index is 0.148. The zero-order chi connectivity index (χ0) is 23.5. The molecule has 0 bridgehead atoms. The van der Waals surface area contributed by atoms with Crippen molar-refractivity contribution >= 4 is 40.7 Å². The van der Waals surface area contributed by atoms with Crippen LogP contribution < -0.4 is 21.4 Å². The topological polar surface area (TPSA) is 111 Å². The third-order valence-electron chi connectivity index (χ3n) is 6.18. The van der Waals surface area contributed by atoms with Gasteiger partial charge < -0.3 is 26.0 Å². The molecule has 1 aromatic carbocycles. The average Bonchev–Trinajstić information content (AvgIpc) is 3.27. The van der Waals surface area contributed by atoms with Gasteiger partial charge in [-0.05, 0) is 77.0 Å². The predicted octanol–water partition coefficient (Wildman–Crippen LogP) is 2.12. The van der Waals surface area contributed by atoms with Crippen molar-refractivity contribution < 1.29 is 19.6 Å². The molecule has 4 rings (SSSR count). The van der Waals surface area contributed by atoms with Crippen LogP contribution in [0.4, 0.5) is 5.00 Å². The summed E-state index contributed by atoms with van der Waals surface area (Å²) < 4.78 is 0. The molecule has 170 valence electrons. The largest absolute Gasteiger partial charge is 0.488 e. The monoisotopic (exact) mass is 455 g/mol. The van der Waals surface area contributed by atoms with E-state index in [1.165, 1.54) is 35.6 Å². The quantitative estimate of drug-likeness (QED) is 0.444. The van der Waals surface area contributed by atoms with Gasteiger partial charge in [0, 0.05) is 27.1 Å². The number of hydrogen-bond donors (Lipinski definition) is 5. The molecule has 2 aliphatic rings. The number of anilines is 1. The highest BCUT2D eigenvalue weighted by Gasteiger charge is 2.44. The Hall–Kier alpha value is -2.20. The molecule has 7 nitrogen and oxygen atoms in total. The smallest absolute Gasteiger partial charge is 0.423 e. The van der Waals surface area contributed by atoms with E-state index in [2.05, 4.69) is 43.6 Å². The Morgan fingerprint density at radius 3 is 2.22 bits per heavy atom. The molecule has 2 heterocycles. The van der Waals surface area contributed by atoms with Gasteiger partial charge in [0.05, 0.1) is 5.56 Å². The molecule has 0 spiro atoms. The lowest BCUT2D eigenvalue weighted by Gasteiger charge is -2.42. The van der Waals surface area contributed by atoms with Crippen LogP contribution in [0.5, 0.6) is 0 Å². The van der Waals surface area contributed by atoms with E-state index in [0.717, 1.165) is 23.3 Å². The molecular weight excluding hydrogens is 425 g/mol. The maximum absolute atomic E-state index is 13.4. The van der Waals surface area contributed by atoms with E-state index in [9.17, 15) is 19.6 Å². The molecule has 1 aliphatic heterocycles. The van der Waals surface area contributed by atoms with Gasteiger partial charge in [0.2, 0.25) is 0 Å². The van der Waals surface area contributed by atoms with E-state index < -0.39 is 7.12 Å². The third-order valence-corrected chi connectivity index (χ3v) is 7.66. The molecule has 2 aromatic rings. The zero-order valence-electron chi connectivity index (χ0n) is 19.1. The molecular formula is C23H30BN3O4S. The second-order valence-electron chi connectivity index (χ2n) is 10.4. The molecule has 2 amide bonds. The number of hydrogen-bond acceptors (Lipinski definition) is 6. The number of rotatable bonds is 5. The average molecular weight is 455 g/mol. The Kier molecular flexibility index (Phi) is 5.52. The van der Waals surface area contributed by atoms with Crippen molar-refractivity contribution in [1.82, 2.24) is 10.6 Å². The van der Waals surface area contributed by atoms with Crippen LogP contribution in [0.25, 0.3) is 0 Å². The summed E-state index contributed by atoms with van der Waals surface area (Å²) in [5.74, 6) is -0.496. The number of benzene rings is 1. The lowest BCUT2D eigenvalue weighted by Crippen LogP contribution is -2.55. The second-order valence-corrected chi connectivity index (χ2v) is 11.4. The number of carbonyl (C=O) groups is 2. The fraction of sp³-hybridized carbons (Fsp3) is 0.478. The minimum atomic E-state index is -1.59. The summed E-state index contributed by atoms with van der Waals surface area (Å²) in [6, 6.07) is 6.07. The highest BCUT2D eigenvalue weighted by atomic mass is 32.1. The van der Waals surface area contributed by atoms with E-state index in [-0.39, 0.29) is 28.4 Å². The summed E-state index contributed by atoms with van der Waals surface area (Å²) in [7, 11) is -1.59. The normalized spacial score (nSPS) is 19.6. The number of fused-ring (bicyclic) bond motifs is 1.